The summed E-state index contributed by atoms with van der Waals surface area (Å²) in [6.45, 7) is 16.2. The van der Waals surface area contributed by atoms with E-state index in [-0.39, 0.29) is 0 Å². The van der Waals surface area contributed by atoms with Crippen LogP contribution in [0.4, 0.5) is 0 Å². The fourth-order valence-corrected chi connectivity index (χ4v) is 1.97. The van der Waals surface area contributed by atoms with Crippen LogP contribution in [-0.4, -0.2) is 13.1 Å². The van der Waals surface area contributed by atoms with Crippen LogP contribution in [0.1, 0.15) is 67.2 Å². The van der Waals surface area contributed by atoms with E-state index in [2.05, 4.69) is 46.9 Å². The molecule has 0 rings (SSSR count). The van der Waals surface area contributed by atoms with Crippen LogP contribution >= 0.6 is 0 Å². The summed E-state index contributed by atoms with van der Waals surface area (Å²) in [4.78, 5) is 0. The van der Waals surface area contributed by atoms with Crippen molar-refractivity contribution < 1.29 is 0 Å². The van der Waals surface area contributed by atoms with E-state index in [4.69, 9.17) is 0 Å². The quantitative estimate of drug-likeness (QED) is 0.667. The lowest BCUT2D eigenvalue weighted by atomic mass is 9.74. The van der Waals surface area contributed by atoms with Crippen molar-refractivity contribution in [3.05, 3.63) is 0 Å². The molecule has 0 amide bonds. The second-order valence-corrected chi connectivity index (χ2v) is 6.05. The lowest BCUT2D eigenvalue weighted by molar-refractivity contribution is 0.190. The van der Waals surface area contributed by atoms with Crippen LogP contribution in [-0.2, 0) is 0 Å². The first kappa shape index (κ1) is 15.0. The molecule has 0 aromatic carbocycles. The van der Waals surface area contributed by atoms with Crippen LogP contribution in [0.25, 0.3) is 0 Å². The van der Waals surface area contributed by atoms with E-state index < -0.39 is 0 Å². The van der Waals surface area contributed by atoms with Crippen molar-refractivity contribution in [2.75, 3.05) is 13.1 Å². The summed E-state index contributed by atoms with van der Waals surface area (Å²) in [5.41, 5.74) is 1.01. The first-order valence-electron chi connectivity index (χ1n) is 6.60. The Morgan fingerprint density at radius 2 is 1.40 bits per heavy atom. The van der Waals surface area contributed by atoms with E-state index >= 15 is 0 Å². The summed E-state index contributed by atoms with van der Waals surface area (Å²) in [5.74, 6) is 0. The second-order valence-electron chi connectivity index (χ2n) is 6.05. The maximum atomic E-state index is 3.53. The van der Waals surface area contributed by atoms with Gasteiger partial charge in [0.1, 0.15) is 0 Å². The van der Waals surface area contributed by atoms with Crippen LogP contribution in [0.5, 0.6) is 0 Å². The molecule has 15 heavy (non-hydrogen) atoms. The summed E-state index contributed by atoms with van der Waals surface area (Å²) in [5, 5.41) is 3.53. The van der Waals surface area contributed by atoms with Gasteiger partial charge in [0.25, 0.3) is 0 Å². The Labute approximate surface area is 97.0 Å². The third-order valence-electron chi connectivity index (χ3n) is 3.66. The Balaban J connectivity index is 4.23. The molecule has 0 aromatic heterocycles. The third-order valence-corrected chi connectivity index (χ3v) is 3.66. The molecule has 0 bridgehead atoms. The van der Waals surface area contributed by atoms with Gasteiger partial charge in [-0.2, -0.15) is 0 Å². The molecular formula is C14H31N. The predicted molar refractivity (Wildman–Crippen MR) is 70.2 cm³/mol. The van der Waals surface area contributed by atoms with Crippen molar-refractivity contribution in [3.63, 3.8) is 0 Å². The highest BCUT2D eigenvalue weighted by molar-refractivity contribution is 4.81. The van der Waals surface area contributed by atoms with Gasteiger partial charge in [-0.3, -0.25) is 0 Å². The molecule has 0 saturated heterocycles. The zero-order chi connectivity index (χ0) is 11.9. The molecule has 1 heteroatoms. The monoisotopic (exact) mass is 213 g/mol. The third kappa shape index (κ3) is 6.19. The highest BCUT2D eigenvalue weighted by Crippen LogP contribution is 2.35. The molecule has 0 atom stereocenters. The van der Waals surface area contributed by atoms with Crippen molar-refractivity contribution in [2.45, 2.75) is 67.2 Å². The molecule has 0 saturated carbocycles. The minimum atomic E-state index is 0.474. The molecule has 0 fully saturated rings. The van der Waals surface area contributed by atoms with E-state index in [0.29, 0.717) is 10.8 Å². The van der Waals surface area contributed by atoms with Gasteiger partial charge in [-0.25, -0.2) is 0 Å². The van der Waals surface area contributed by atoms with Crippen molar-refractivity contribution in [3.8, 4) is 0 Å². The zero-order valence-electron chi connectivity index (χ0n) is 11.7. The standard InChI is InChI=1S/C14H31N/c1-7-14(8-2,12-15-9-3)11-10-13(4,5)6/h15H,7-12H2,1-6H3. The highest BCUT2D eigenvalue weighted by Gasteiger charge is 2.27. The SMILES string of the molecule is CCNCC(CC)(CC)CCC(C)(C)C. The molecule has 0 heterocycles. The molecule has 0 aliphatic rings. The Kier molecular flexibility index (Phi) is 6.51. The summed E-state index contributed by atoms with van der Waals surface area (Å²) < 4.78 is 0. The molecule has 92 valence electrons. The molecule has 0 spiro atoms. The predicted octanol–water partition coefficient (Wildman–Crippen LogP) is 4.23. The molecule has 0 aromatic rings. The van der Waals surface area contributed by atoms with Crippen LogP contribution in [0, 0.1) is 10.8 Å². The first-order chi connectivity index (χ1) is 6.89. The number of hydrogen-bond acceptors (Lipinski definition) is 1. The summed E-state index contributed by atoms with van der Waals surface area (Å²) in [6.07, 6.45) is 5.29. The Morgan fingerprint density at radius 3 is 1.73 bits per heavy atom. The van der Waals surface area contributed by atoms with E-state index in [1.165, 1.54) is 32.2 Å². The minimum absolute atomic E-state index is 0.474. The topological polar surface area (TPSA) is 12.0 Å². The van der Waals surface area contributed by atoms with Gasteiger partial charge < -0.3 is 5.32 Å². The molecule has 0 unspecified atom stereocenters. The Bertz CT molecular complexity index is 151. The van der Waals surface area contributed by atoms with Crippen LogP contribution in [0.2, 0.25) is 0 Å². The lowest BCUT2D eigenvalue weighted by Gasteiger charge is -2.34. The summed E-state index contributed by atoms with van der Waals surface area (Å²) in [7, 11) is 0. The smallest absolute Gasteiger partial charge is 0.000749 e. The largest absolute Gasteiger partial charge is 0.316 e. The van der Waals surface area contributed by atoms with Gasteiger partial charge in [0.15, 0.2) is 0 Å². The summed E-state index contributed by atoms with van der Waals surface area (Å²) in [6, 6.07) is 0. The molecule has 0 radical (unpaired) electrons. The van der Waals surface area contributed by atoms with Gasteiger partial charge in [-0.1, -0.05) is 41.5 Å². The molecule has 1 N–H and O–H groups in total. The van der Waals surface area contributed by atoms with E-state index in [0.717, 1.165) is 6.54 Å². The normalized spacial score (nSPS) is 13.2. The van der Waals surface area contributed by atoms with E-state index in [9.17, 15) is 0 Å². The van der Waals surface area contributed by atoms with Crippen molar-refractivity contribution in [2.24, 2.45) is 10.8 Å². The van der Waals surface area contributed by atoms with Crippen molar-refractivity contribution in [1.29, 1.82) is 0 Å². The van der Waals surface area contributed by atoms with Crippen LogP contribution in [0.15, 0.2) is 0 Å². The van der Waals surface area contributed by atoms with E-state index in [1.807, 2.05) is 0 Å². The Hall–Kier alpha value is -0.0400. The van der Waals surface area contributed by atoms with Gasteiger partial charge in [0.2, 0.25) is 0 Å². The molecular weight excluding hydrogens is 182 g/mol. The lowest BCUT2D eigenvalue weighted by Crippen LogP contribution is -2.34. The van der Waals surface area contributed by atoms with Crippen LogP contribution in [0.3, 0.4) is 0 Å². The fourth-order valence-electron chi connectivity index (χ4n) is 1.97. The van der Waals surface area contributed by atoms with Crippen LogP contribution < -0.4 is 5.32 Å². The molecule has 0 aliphatic carbocycles. The van der Waals surface area contributed by atoms with Gasteiger partial charge in [-0.15, -0.1) is 0 Å². The zero-order valence-corrected chi connectivity index (χ0v) is 11.7. The van der Waals surface area contributed by atoms with Gasteiger partial charge in [0, 0.05) is 6.54 Å². The summed E-state index contributed by atoms with van der Waals surface area (Å²) >= 11 is 0. The van der Waals surface area contributed by atoms with Gasteiger partial charge >= 0.3 is 0 Å². The number of rotatable bonds is 7. The highest BCUT2D eigenvalue weighted by atomic mass is 14.9. The fraction of sp³-hybridized carbons (Fsp3) is 1.00. The maximum absolute atomic E-state index is 3.53. The Morgan fingerprint density at radius 1 is 0.867 bits per heavy atom. The average molecular weight is 213 g/mol. The molecule has 0 aliphatic heterocycles. The van der Waals surface area contributed by atoms with Crippen molar-refractivity contribution in [1.82, 2.24) is 5.32 Å². The van der Waals surface area contributed by atoms with Crippen molar-refractivity contribution >= 4 is 0 Å². The molecule has 1 nitrogen and oxygen atoms in total. The van der Waals surface area contributed by atoms with Gasteiger partial charge in [-0.05, 0) is 43.1 Å². The van der Waals surface area contributed by atoms with Gasteiger partial charge in [0.05, 0.1) is 0 Å². The number of nitrogens with one attached hydrogen (secondary N) is 1. The number of hydrogen-bond donors (Lipinski definition) is 1. The minimum Gasteiger partial charge on any atom is -0.316 e. The second kappa shape index (κ2) is 6.52. The maximum Gasteiger partial charge on any atom is 0.000749 e. The average Bonchev–Trinajstić information content (AvgIpc) is 2.18. The first-order valence-corrected chi connectivity index (χ1v) is 6.60. The van der Waals surface area contributed by atoms with E-state index in [1.54, 1.807) is 0 Å².